The number of likely N-dealkylation sites (tertiary alicyclic amines) is 1. The molecule has 0 aliphatic carbocycles. The summed E-state index contributed by atoms with van der Waals surface area (Å²) in [6.07, 6.45) is 4.23. The van der Waals surface area contributed by atoms with Crippen molar-refractivity contribution in [3.05, 3.63) is 70.3 Å². The third kappa shape index (κ3) is 3.95. The van der Waals surface area contributed by atoms with Gasteiger partial charge in [0.25, 0.3) is 5.91 Å². The largest absolute Gasteiger partial charge is 0.451 e. The van der Waals surface area contributed by atoms with Crippen molar-refractivity contribution in [1.82, 2.24) is 14.8 Å². The first kappa shape index (κ1) is 24.1. The van der Waals surface area contributed by atoms with Crippen LogP contribution in [0.5, 0.6) is 11.5 Å². The monoisotopic (exact) mass is 528 g/mol. The lowest BCUT2D eigenvalue weighted by Gasteiger charge is -2.30. The maximum absolute atomic E-state index is 15.8. The number of aromatic nitrogens is 1. The van der Waals surface area contributed by atoms with Crippen molar-refractivity contribution < 1.29 is 19.0 Å². The van der Waals surface area contributed by atoms with E-state index < -0.39 is 23.4 Å². The van der Waals surface area contributed by atoms with Gasteiger partial charge in [-0.1, -0.05) is 24.3 Å². The second-order valence-electron chi connectivity index (χ2n) is 10.6. The molecule has 200 valence electrons. The number of nitrogens with one attached hydrogen (secondary N) is 1. The molecule has 1 unspecified atom stereocenters. The Hall–Kier alpha value is -3.95. The highest BCUT2D eigenvalue weighted by molar-refractivity contribution is 6.02. The quantitative estimate of drug-likeness (QED) is 0.357. The molecule has 39 heavy (non-hydrogen) atoms. The molecule has 7 rings (SSSR count). The lowest BCUT2D eigenvalue weighted by Crippen LogP contribution is -2.36. The number of anilines is 1. The molecule has 4 heterocycles. The number of ether oxygens (including phenoxy) is 1. The van der Waals surface area contributed by atoms with Gasteiger partial charge in [0.1, 0.15) is 23.0 Å². The molecule has 3 aliphatic rings. The van der Waals surface area contributed by atoms with Crippen molar-refractivity contribution in [2.75, 3.05) is 37.6 Å². The number of benzene rings is 3. The Kier molecular flexibility index (Phi) is 5.79. The first-order valence-corrected chi connectivity index (χ1v) is 13.6. The van der Waals surface area contributed by atoms with E-state index in [1.54, 1.807) is 9.47 Å². The number of aliphatic hydroxyl groups is 1. The topological polar surface area (TPSA) is 87.0 Å². The van der Waals surface area contributed by atoms with Gasteiger partial charge >= 0.3 is 0 Å². The number of pyridine rings is 1. The van der Waals surface area contributed by atoms with E-state index in [1.165, 1.54) is 12.3 Å². The summed E-state index contributed by atoms with van der Waals surface area (Å²) in [6.45, 7) is 3.63. The van der Waals surface area contributed by atoms with Crippen LogP contribution in [0, 0.1) is 5.82 Å². The third-order valence-electron chi connectivity index (χ3n) is 8.13. The Balaban J connectivity index is 1.41. The van der Waals surface area contributed by atoms with Crippen molar-refractivity contribution in [3.63, 3.8) is 0 Å². The predicted octanol–water partition coefficient (Wildman–Crippen LogP) is 4.13. The molecule has 1 amide bonds. The van der Waals surface area contributed by atoms with Gasteiger partial charge in [0.05, 0.1) is 11.1 Å². The van der Waals surface area contributed by atoms with E-state index in [9.17, 15) is 14.7 Å². The summed E-state index contributed by atoms with van der Waals surface area (Å²) in [5, 5.41) is 15.4. The summed E-state index contributed by atoms with van der Waals surface area (Å²) in [5.41, 5.74) is 0.552. The van der Waals surface area contributed by atoms with Gasteiger partial charge < -0.3 is 29.5 Å². The molecule has 8 nitrogen and oxygen atoms in total. The number of carbonyl (C=O) groups excluding carboxylic acids is 1. The van der Waals surface area contributed by atoms with Crippen LogP contribution in [0.15, 0.2) is 53.5 Å². The van der Waals surface area contributed by atoms with Gasteiger partial charge in [-0.3, -0.25) is 9.59 Å². The van der Waals surface area contributed by atoms with E-state index in [-0.39, 0.29) is 22.4 Å². The third-order valence-corrected chi connectivity index (χ3v) is 8.13. The van der Waals surface area contributed by atoms with Gasteiger partial charge in [-0.05, 0) is 67.7 Å². The van der Waals surface area contributed by atoms with Crippen LogP contribution in [0.25, 0.3) is 27.4 Å². The number of hydrogen-bond acceptors (Lipinski definition) is 6. The molecule has 2 N–H and O–H groups in total. The zero-order valence-corrected chi connectivity index (χ0v) is 21.5. The minimum absolute atomic E-state index is 0.0516. The molecule has 0 saturated carbocycles. The van der Waals surface area contributed by atoms with Crippen LogP contribution in [0.1, 0.15) is 36.0 Å². The summed E-state index contributed by atoms with van der Waals surface area (Å²) in [4.78, 5) is 30.8. The number of carbonyl (C=O) groups is 1. The van der Waals surface area contributed by atoms with Gasteiger partial charge in [-0.25, -0.2) is 4.39 Å². The lowest BCUT2D eigenvalue weighted by atomic mass is 10.0. The van der Waals surface area contributed by atoms with E-state index in [0.29, 0.717) is 42.9 Å². The second-order valence-corrected chi connectivity index (χ2v) is 10.6. The smallest absolute Gasteiger partial charge is 0.256 e. The summed E-state index contributed by atoms with van der Waals surface area (Å²) in [6, 6.07) is 12.8. The fraction of sp³-hybridized carbons (Fsp3) is 0.333. The Morgan fingerprint density at radius 1 is 1.08 bits per heavy atom. The highest BCUT2D eigenvalue weighted by Crippen LogP contribution is 2.48. The van der Waals surface area contributed by atoms with Crippen molar-refractivity contribution in [3.8, 4) is 17.2 Å². The van der Waals surface area contributed by atoms with Crippen LogP contribution in [0.3, 0.4) is 0 Å². The van der Waals surface area contributed by atoms with Crippen LogP contribution in [-0.2, 0) is 0 Å². The van der Waals surface area contributed by atoms with Crippen molar-refractivity contribution in [2.45, 2.75) is 31.9 Å². The summed E-state index contributed by atoms with van der Waals surface area (Å²) >= 11 is 0. The molecule has 2 saturated heterocycles. The van der Waals surface area contributed by atoms with Crippen LogP contribution in [-0.4, -0.2) is 59.4 Å². The average molecular weight is 529 g/mol. The molecule has 0 bridgehead atoms. The molecule has 4 aromatic rings. The number of halogens is 1. The van der Waals surface area contributed by atoms with Crippen LogP contribution in [0.2, 0.25) is 0 Å². The highest BCUT2D eigenvalue weighted by atomic mass is 19.1. The average Bonchev–Trinajstić information content (AvgIpc) is 3.61. The maximum atomic E-state index is 15.8. The number of aliphatic hydroxyl groups excluding tert-OH is 1. The Morgan fingerprint density at radius 2 is 1.85 bits per heavy atom. The minimum atomic E-state index is -0.851. The molecule has 9 heteroatoms. The Bertz CT molecular complexity index is 1690. The van der Waals surface area contributed by atoms with Crippen molar-refractivity contribution in [1.29, 1.82) is 0 Å². The van der Waals surface area contributed by atoms with Gasteiger partial charge in [0.15, 0.2) is 17.3 Å². The van der Waals surface area contributed by atoms with Crippen LogP contribution < -0.4 is 20.4 Å². The summed E-state index contributed by atoms with van der Waals surface area (Å²) in [5.74, 6) is -0.503. The van der Waals surface area contributed by atoms with E-state index in [2.05, 4.69) is 10.2 Å². The molecular weight excluding hydrogens is 499 g/mol. The van der Waals surface area contributed by atoms with E-state index >= 15 is 4.39 Å². The van der Waals surface area contributed by atoms with E-state index in [0.717, 1.165) is 43.2 Å². The van der Waals surface area contributed by atoms with Crippen LogP contribution in [0.4, 0.5) is 10.1 Å². The van der Waals surface area contributed by atoms with Gasteiger partial charge in [-0.2, -0.15) is 0 Å². The normalized spacial score (nSPS) is 18.5. The number of rotatable bonds is 5. The predicted molar refractivity (Wildman–Crippen MR) is 148 cm³/mol. The lowest BCUT2D eigenvalue weighted by molar-refractivity contribution is 0.0948. The zero-order valence-electron chi connectivity index (χ0n) is 21.5. The standard InChI is InChI=1S/C30H29FN4O4/c31-22-16-20-26-29(27(22)34-12-5-8-25(34)36)39-24-15-19-7-2-1-6-18(19)14-23(24)35(26)17-21(28(20)37)30(38)32-9-13-33-10-3-4-11-33/h1-2,6-7,14-17,25,36H,3-5,8-13H2,(H,32,38). The molecular formula is C30H29FN4O4. The molecule has 0 spiro atoms. The highest BCUT2D eigenvalue weighted by Gasteiger charge is 2.34. The first-order valence-electron chi connectivity index (χ1n) is 13.6. The minimum Gasteiger partial charge on any atom is -0.451 e. The van der Waals surface area contributed by atoms with E-state index in [4.69, 9.17) is 4.74 Å². The number of hydrogen-bond donors (Lipinski definition) is 2. The SMILES string of the molecule is O=C(NCCN1CCCC1)c1cn2c3c(c(N4CCCC4O)c(F)cc3c1=O)Oc1cc3ccccc3cc1-2. The molecule has 1 atom stereocenters. The molecule has 3 aliphatic heterocycles. The maximum Gasteiger partial charge on any atom is 0.256 e. The zero-order chi connectivity index (χ0) is 26.7. The Labute approximate surface area is 224 Å². The fourth-order valence-electron chi connectivity index (χ4n) is 6.16. The molecule has 1 aromatic heterocycles. The van der Waals surface area contributed by atoms with Gasteiger partial charge in [0, 0.05) is 25.8 Å². The number of amides is 1. The van der Waals surface area contributed by atoms with Crippen molar-refractivity contribution >= 4 is 33.3 Å². The van der Waals surface area contributed by atoms with Crippen molar-refractivity contribution in [2.24, 2.45) is 0 Å². The Morgan fingerprint density at radius 3 is 2.59 bits per heavy atom. The second kappa shape index (κ2) is 9.36. The first-order chi connectivity index (χ1) is 19.0. The van der Waals surface area contributed by atoms with E-state index in [1.807, 2.05) is 36.4 Å². The molecule has 2 fully saturated rings. The summed E-state index contributed by atoms with van der Waals surface area (Å²) in [7, 11) is 0. The molecule has 0 radical (unpaired) electrons. The molecule has 3 aromatic carbocycles. The fourth-order valence-corrected chi connectivity index (χ4v) is 6.16. The van der Waals surface area contributed by atoms with Crippen LogP contribution >= 0.6 is 0 Å². The number of nitrogens with zero attached hydrogens (tertiary/aromatic N) is 3. The summed E-state index contributed by atoms with van der Waals surface area (Å²) < 4.78 is 23.9. The number of fused-ring (bicyclic) bond motifs is 3. The van der Waals surface area contributed by atoms with Gasteiger partial charge in [-0.15, -0.1) is 0 Å². The van der Waals surface area contributed by atoms with Gasteiger partial charge in [0.2, 0.25) is 5.43 Å².